The summed E-state index contributed by atoms with van der Waals surface area (Å²) in [5, 5.41) is 27.7. The number of nitrogens with zero attached hydrogens (tertiary/aromatic N) is 4. The summed E-state index contributed by atoms with van der Waals surface area (Å²) in [6.07, 6.45) is 19.1. The molecule has 1 amide bonds. The van der Waals surface area contributed by atoms with Gasteiger partial charge in [-0.3, -0.25) is 4.98 Å². The van der Waals surface area contributed by atoms with Gasteiger partial charge in [0.15, 0.2) is 5.82 Å². The molecular weight excluding hydrogens is 727 g/mol. The van der Waals surface area contributed by atoms with Gasteiger partial charge in [0.05, 0.1) is 11.3 Å². The first-order valence-electron chi connectivity index (χ1n) is 21.5. The number of hydrogen-bond acceptors (Lipinski definition) is 7. The molecule has 2 aromatic carbocycles. The number of phenols is 2. The third-order valence-electron chi connectivity index (χ3n) is 15.2. The van der Waals surface area contributed by atoms with Gasteiger partial charge in [0.1, 0.15) is 17.6 Å². The molecule has 304 valence electrons. The SMILES string of the molecule is CC(C)c1cc(-c2n[nH]c(=O)n2-c2ccc(CC3CCN(C(=O)OC4CCC5(C)C(=CCC6C5CCC5(C)C(c7cccnc7)=CCC65)C4)CC3)cc2)c(O)cc1O. The Bertz CT molecular complexity index is 2300. The summed E-state index contributed by atoms with van der Waals surface area (Å²) in [5.41, 5.74) is 7.12. The molecule has 1 saturated heterocycles. The van der Waals surface area contributed by atoms with Crippen LogP contribution in [0, 0.1) is 34.5 Å². The van der Waals surface area contributed by atoms with Crippen molar-refractivity contribution in [2.75, 3.05) is 13.1 Å². The molecule has 10 heteroatoms. The fourth-order valence-electron chi connectivity index (χ4n) is 11.9. The number of H-pyrrole nitrogens is 1. The van der Waals surface area contributed by atoms with Crippen LogP contribution in [0.1, 0.15) is 108 Å². The van der Waals surface area contributed by atoms with E-state index in [4.69, 9.17) is 4.74 Å². The Morgan fingerprint density at radius 2 is 1.72 bits per heavy atom. The van der Waals surface area contributed by atoms with Gasteiger partial charge in [0.2, 0.25) is 0 Å². The van der Waals surface area contributed by atoms with Gasteiger partial charge in [-0.2, -0.15) is 5.10 Å². The first-order valence-corrected chi connectivity index (χ1v) is 21.5. The first kappa shape index (κ1) is 38.4. The zero-order chi connectivity index (χ0) is 40.3. The van der Waals surface area contributed by atoms with E-state index in [0.717, 1.165) is 56.9 Å². The summed E-state index contributed by atoms with van der Waals surface area (Å²) in [6, 6.07) is 15.1. The second-order valence-electron chi connectivity index (χ2n) is 18.6. The number of phenolic OH excluding ortho intramolecular Hbond substituents is 2. The molecule has 9 rings (SSSR count). The van der Waals surface area contributed by atoms with Crippen LogP contribution in [-0.4, -0.2) is 60.1 Å². The average molecular weight is 784 g/mol. The Morgan fingerprint density at radius 1 is 0.948 bits per heavy atom. The van der Waals surface area contributed by atoms with Crippen LogP contribution in [0.2, 0.25) is 0 Å². The Hall–Kier alpha value is -5.12. The van der Waals surface area contributed by atoms with Crippen molar-refractivity contribution in [3.8, 4) is 28.6 Å². The fraction of sp³-hybridized carbons (Fsp3) is 0.500. The lowest BCUT2D eigenvalue weighted by atomic mass is 9.47. The van der Waals surface area contributed by atoms with E-state index in [2.05, 4.69) is 53.3 Å². The number of benzene rings is 2. The van der Waals surface area contributed by atoms with Crippen LogP contribution in [0.25, 0.3) is 22.6 Å². The number of ether oxygens (including phenoxy) is 1. The minimum absolute atomic E-state index is 0.00476. The number of aromatic amines is 1. The summed E-state index contributed by atoms with van der Waals surface area (Å²) >= 11 is 0. The standard InChI is InChI=1S/C48H57N5O5/c1-29(2)37-26-38(43(55)27-42(37)54)44-50-51-45(56)53(44)34-10-7-30(8-11-34)24-31-17-22-52(23-18-31)46(57)58-35-15-19-47(3)33(25-35)9-12-36-40-14-13-39(32-6-5-21-49-28-32)48(40,4)20-16-41(36)47/h5-11,13,21,26-29,31,35-36,40-41,54-55H,12,14-20,22-25H2,1-4H3,(H,51,56). The number of pyridine rings is 1. The first-order chi connectivity index (χ1) is 27.9. The molecule has 3 fully saturated rings. The second kappa shape index (κ2) is 14.9. The number of aromatic nitrogens is 4. The van der Waals surface area contributed by atoms with Crippen molar-refractivity contribution in [1.29, 1.82) is 0 Å². The normalized spacial score (nSPS) is 28.3. The largest absolute Gasteiger partial charge is 0.508 e. The molecule has 0 spiro atoms. The molecule has 10 nitrogen and oxygen atoms in total. The molecule has 1 aliphatic heterocycles. The highest BCUT2D eigenvalue weighted by Gasteiger charge is 2.57. The summed E-state index contributed by atoms with van der Waals surface area (Å²) in [6.45, 7) is 10.3. The van der Waals surface area contributed by atoms with E-state index in [1.54, 1.807) is 6.07 Å². The van der Waals surface area contributed by atoms with Crippen molar-refractivity contribution < 1.29 is 19.7 Å². The number of carbonyl (C=O) groups is 1. The van der Waals surface area contributed by atoms with Crippen molar-refractivity contribution in [3.05, 3.63) is 106 Å². The van der Waals surface area contributed by atoms with E-state index < -0.39 is 5.69 Å². The quantitative estimate of drug-likeness (QED) is 0.159. The maximum atomic E-state index is 13.5. The summed E-state index contributed by atoms with van der Waals surface area (Å²) < 4.78 is 7.70. The Kier molecular flexibility index (Phi) is 9.88. The number of carbonyl (C=O) groups excluding carboxylic acids is 1. The maximum Gasteiger partial charge on any atom is 0.410 e. The highest BCUT2D eigenvalue weighted by atomic mass is 16.6. The lowest BCUT2D eigenvalue weighted by Gasteiger charge is -2.58. The molecule has 6 unspecified atom stereocenters. The van der Waals surface area contributed by atoms with E-state index in [-0.39, 0.29) is 46.3 Å². The third kappa shape index (κ3) is 6.66. The van der Waals surface area contributed by atoms with Gasteiger partial charge in [-0.15, -0.1) is 0 Å². The van der Waals surface area contributed by atoms with E-state index in [9.17, 15) is 19.8 Å². The molecule has 4 aromatic rings. The number of aromatic hydroxyl groups is 2. The van der Waals surface area contributed by atoms with E-state index >= 15 is 0 Å². The molecule has 2 aromatic heterocycles. The zero-order valence-corrected chi connectivity index (χ0v) is 34.3. The Labute approximate surface area is 341 Å². The smallest absolute Gasteiger partial charge is 0.410 e. The van der Waals surface area contributed by atoms with Crippen LogP contribution in [0.5, 0.6) is 11.5 Å². The minimum atomic E-state index is -0.415. The van der Waals surface area contributed by atoms with Crippen LogP contribution in [0.4, 0.5) is 4.79 Å². The second-order valence-corrected chi connectivity index (χ2v) is 18.6. The van der Waals surface area contributed by atoms with Gasteiger partial charge in [-0.1, -0.05) is 63.6 Å². The molecule has 5 aliphatic rings. The number of piperidine rings is 1. The molecule has 4 aliphatic carbocycles. The maximum absolute atomic E-state index is 13.5. The Morgan fingerprint density at radius 3 is 2.47 bits per heavy atom. The molecule has 3 heterocycles. The third-order valence-corrected chi connectivity index (χ3v) is 15.2. The minimum Gasteiger partial charge on any atom is -0.508 e. The highest BCUT2D eigenvalue weighted by molar-refractivity contribution is 5.73. The Balaban J connectivity index is 0.785. The molecular formula is C48H57N5O5. The van der Waals surface area contributed by atoms with Crippen LogP contribution in [0.15, 0.2) is 83.4 Å². The van der Waals surface area contributed by atoms with Crippen LogP contribution in [-0.2, 0) is 11.2 Å². The number of nitrogens with one attached hydrogen (secondary N) is 1. The number of fused-ring (bicyclic) bond motifs is 5. The number of amides is 1. The zero-order valence-electron chi connectivity index (χ0n) is 34.3. The average Bonchev–Trinajstić information content (AvgIpc) is 3.78. The van der Waals surface area contributed by atoms with Gasteiger partial charge < -0.3 is 19.8 Å². The van der Waals surface area contributed by atoms with Crippen molar-refractivity contribution in [2.24, 2.45) is 34.5 Å². The summed E-state index contributed by atoms with van der Waals surface area (Å²) in [7, 11) is 0. The van der Waals surface area contributed by atoms with Crippen LogP contribution < -0.4 is 5.69 Å². The molecule has 2 saturated carbocycles. The monoisotopic (exact) mass is 783 g/mol. The molecule has 58 heavy (non-hydrogen) atoms. The van der Waals surface area contributed by atoms with Gasteiger partial charge in [0, 0.05) is 38.0 Å². The molecule has 0 bridgehead atoms. The number of allylic oxidation sites excluding steroid dienone is 3. The van der Waals surface area contributed by atoms with Gasteiger partial charge in [-0.05, 0) is 145 Å². The van der Waals surface area contributed by atoms with Gasteiger partial charge in [0.25, 0.3) is 0 Å². The van der Waals surface area contributed by atoms with E-state index in [1.807, 2.05) is 55.4 Å². The number of likely N-dealkylation sites (tertiary alicyclic amines) is 1. The number of rotatable bonds is 7. The van der Waals surface area contributed by atoms with Crippen molar-refractivity contribution >= 4 is 11.7 Å². The van der Waals surface area contributed by atoms with E-state index in [1.165, 1.54) is 40.2 Å². The lowest BCUT2D eigenvalue weighted by molar-refractivity contribution is -0.0302. The summed E-state index contributed by atoms with van der Waals surface area (Å²) in [4.78, 5) is 32.8. The van der Waals surface area contributed by atoms with E-state index in [0.29, 0.717) is 53.6 Å². The molecule has 0 radical (unpaired) electrons. The predicted molar refractivity (Wildman–Crippen MR) is 225 cm³/mol. The number of hydrogen-bond donors (Lipinski definition) is 3. The molecule has 6 atom stereocenters. The lowest BCUT2D eigenvalue weighted by Crippen LogP contribution is -2.50. The van der Waals surface area contributed by atoms with Crippen LogP contribution >= 0.6 is 0 Å². The molecule has 3 N–H and O–H groups in total. The predicted octanol–water partition coefficient (Wildman–Crippen LogP) is 9.57. The van der Waals surface area contributed by atoms with Crippen molar-refractivity contribution in [3.63, 3.8) is 0 Å². The van der Waals surface area contributed by atoms with Gasteiger partial charge >= 0.3 is 11.8 Å². The topological polar surface area (TPSA) is 134 Å². The summed E-state index contributed by atoms with van der Waals surface area (Å²) in [5.74, 6) is 2.62. The van der Waals surface area contributed by atoms with Crippen molar-refractivity contribution in [1.82, 2.24) is 24.6 Å². The van der Waals surface area contributed by atoms with Crippen LogP contribution in [0.3, 0.4) is 0 Å². The van der Waals surface area contributed by atoms with Gasteiger partial charge in [-0.25, -0.2) is 19.3 Å². The fourth-order valence-corrected chi connectivity index (χ4v) is 11.9. The van der Waals surface area contributed by atoms with Crippen molar-refractivity contribution in [2.45, 2.75) is 104 Å². The highest BCUT2D eigenvalue weighted by Crippen LogP contribution is 2.66.